The molecule has 0 aromatic heterocycles. The molecule has 0 heterocycles. The quantitative estimate of drug-likeness (QED) is 0.0262. The molecule has 0 aliphatic carbocycles. The van der Waals surface area contributed by atoms with E-state index in [1.54, 1.807) is 0 Å². The number of hydrogen-bond donors (Lipinski definition) is 0. The van der Waals surface area contributed by atoms with E-state index in [9.17, 15) is 14.4 Å². The SMILES string of the molecule is CC/C=C\C/C=C\C/C=C\C/C=C\CCCCCCC(=O)OC(COC(=O)CCCCCCCCCCCCCCCC)COC(=O)CCCCCCCCCCCCCCCCCCCCCC. The van der Waals surface area contributed by atoms with Gasteiger partial charge in [0.25, 0.3) is 0 Å². The zero-order valence-corrected chi connectivity index (χ0v) is 46.1. The molecule has 0 aromatic rings. The lowest BCUT2D eigenvalue weighted by atomic mass is 10.0. The predicted octanol–water partition coefficient (Wildman–Crippen LogP) is 20.2. The van der Waals surface area contributed by atoms with Crippen LogP contribution in [0.25, 0.3) is 0 Å². The molecule has 0 aromatic carbocycles. The minimum atomic E-state index is -0.783. The zero-order valence-electron chi connectivity index (χ0n) is 46.1. The van der Waals surface area contributed by atoms with Crippen molar-refractivity contribution in [1.29, 1.82) is 0 Å². The first kappa shape index (κ1) is 66.4. The van der Waals surface area contributed by atoms with Crippen LogP contribution in [0.3, 0.4) is 0 Å². The number of ether oxygens (including phenoxy) is 3. The second kappa shape index (κ2) is 57.9. The summed E-state index contributed by atoms with van der Waals surface area (Å²) in [6, 6.07) is 0. The highest BCUT2D eigenvalue weighted by Crippen LogP contribution is 2.17. The third-order valence-corrected chi connectivity index (χ3v) is 13.3. The van der Waals surface area contributed by atoms with Crippen molar-refractivity contribution in [2.24, 2.45) is 0 Å². The highest BCUT2D eigenvalue weighted by atomic mass is 16.6. The summed E-state index contributed by atoms with van der Waals surface area (Å²) in [5.41, 5.74) is 0. The molecular weight excluding hydrogens is 853 g/mol. The number of unbranched alkanes of at least 4 members (excludes halogenated alkanes) is 36. The molecule has 0 rings (SSSR count). The third kappa shape index (κ3) is 56.2. The highest BCUT2D eigenvalue weighted by molar-refractivity contribution is 5.71. The molecule has 0 spiro atoms. The first-order chi connectivity index (χ1) is 34.0. The van der Waals surface area contributed by atoms with Crippen molar-refractivity contribution in [2.45, 2.75) is 322 Å². The maximum Gasteiger partial charge on any atom is 0.306 e. The fourth-order valence-electron chi connectivity index (χ4n) is 8.85. The smallest absolute Gasteiger partial charge is 0.306 e. The number of esters is 3. The second-order valence-corrected chi connectivity index (χ2v) is 20.2. The second-order valence-electron chi connectivity index (χ2n) is 20.2. The van der Waals surface area contributed by atoms with Gasteiger partial charge in [0, 0.05) is 19.3 Å². The fourth-order valence-corrected chi connectivity index (χ4v) is 8.85. The van der Waals surface area contributed by atoms with E-state index in [2.05, 4.69) is 69.4 Å². The van der Waals surface area contributed by atoms with E-state index in [4.69, 9.17) is 14.2 Å². The molecule has 402 valence electrons. The monoisotopic (exact) mass is 967 g/mol. The van der Waals surface area contributed by atoms with Crippen LogP contribution in [-0.4, -0.2) is 37.2 Å². The van der Waals surface area contributed by atoms with Crippen LogP contribution in [0.5, 0.6) is 0 Å². The van der Waals surface area contributed by atoms with Crippen LogP contribution in [0.1, 0.15) is 316 Å². The van der Waals surface area contributed by atoms with Crippen molar-refractivity contribution in [3.8, 4) is 0 Å². The Kier molecular flexibility index (Phi) is 55.7. The first-order valence-electron chi connectivity index (χ1n) is 30.1. The van der Waals surface area contributed by atoms with Crippen LogP contribution in [0, 0.1) is 0 Å². The zero-order chi connectivity index (χ0) is 50.0. The van der Waals surface area contributed by atoms with E-state index in [1.807, 2.05) is 0 Å². The van der Waals surface area contributed by atoms with Crippen LogP contribution >= 0.6 is 0 Å². The molecule has 0 aliphatic rings. The van der Waals surface area contributed by atoms with Crippen molar-refractivity contribution in [2.75, 3.05) is 13.2 Å². The van der Waals surface area contributed by atoms with Gasteiger partial charge in [-0.05, 0) is 57.8 Å². The topological polar surface area (TPSA) is 78.9 Å². The number of hydrogen-bond acceptors (Lipinski definition) is 6. The molecule has 0 radical (unpaired) electrons. The number of carbonyl (C=O) groups is 3. The molecule has 6 nitrogen and oxygen atoms in total. The molecule has 1 unspecified atom stereocenters. The summed E-state index contributed by atoms with van der Waals surface area (Å²) in [5, 5.41) is 0. The van der Waals surface area contributed by atoms with E-state index in [0.29, 0.717) is 19.3 Å². The van der Waals surface area contributed by atoms with Gasteiger partial charge >= 0.3 is 17.9 Å². The molecule has 69 heavy (non-hydrogen) atoms. The summed E-state index contributed by atoms with van der Waals surface area (Å²) in [5.74, 6) is -0.883. The van der Waals surface area contributed by atoms with Gasteiger partial charge in [0.15, 0.2) is 6.10 Å². The van der Waals surface area contributed by atoms with Gasteiger partial charge in [0.1, 0.15) is 13.2 Å². The number of carbonyl (C=O) groups excluding carboxylic acids is 3. The maximum atomic E-state index is 12.9. The standard InChI is InChI=1S/C63H114O6/c1-4-7-10-13-16-19-22-25-28-30-31-32-34-35-38-41-44-47-50-53-56-62(65)68-59-60(58-67-61(64)55-52-49-46-43-40-37-27-24-21-18-15-12-9-6-3)69-63(66)57-54-51-48-45-42-39-36-33-29-26-23-20-17-14-11-8-5-2/h8,11,17,20,26,29,36,39,60H,4-7,9-10,12-16,18-19,21-25,27-28,30-35,37-38,40-59H2,1-3H3/b11-8-,20-17-,29-26-,39-36-. The summed E-state index contributed by atoms with van der Waals surface area (Å²) in [7, 11) is 0. The van der Waals surface area contributed by atoms with E-state index in [-0.39, 0.29) is 31.1 Å². The molecule has 1 atom stereocenters. The molecule has 0 saturated heterocycles. The number of allylic oxidation sites excluding steroid dienone is 8. The summed E-state index contributed by atoms with van der Waals surface area (Å²) < 4.78 is 16.9. The Hall–Kier alpha value is -2.63. The fraction of sp³-hybridized carbons (Fsp3) is 0.825. The molecular formula is C63H114O6. The molecule has 0 aliphatic heterocycles. The van der Waals surface area contributed by atoms with Crippen molar-refractivity contribution in [3.63, 3.8) is 0 Å². The first-order valence-corrected chi connectivity index (χ1v) is 30.1. The van der Waals surface area contributed by atoms with E-state index in [1.165, 1.54) is 180 Å². The Morgan fingerprint density at radius 3 is 0.884 bits per heavy atom. The summed E-state index contributed by atoms with van der Waals surface area (Å²) in [4.78, 5) is 38.2. The molecule has 6 heteroatoms. The Bertz CT molecular complexity index is 1200. The van der Waals surface area contributed by atoms with Gasteiger partial charge in [-0.15, -0.1) is 0 Å². The Morgan fingerprint density at radius 1 is 0.304 bits per heavy atom. The van der Waals surface area contributed by atoms with Gasteiger partial charge in [-0.25, -0.2) is 0 Å². The van der Waals surface area contributed by atoms with Gasteiger partial charge in [-0.3, -0.25) is 14.4 Å². The highest BCUT2D eigenvalue weighted by Gasteiger charge is 2.19. The van der Waals surface area contributed by atoms with Crippen LogP contribution in [0.2, 0.25) is 0 Å². The van der Waals surface area contributed by atoms with Crippen LogP contribution in [0.4, 0.5) is 0 Å². The minimum Gasteiger partial charge on any atom is -0.462 e. The van der Waals surface area contributed by atoms with Crippen LogP contribution in [-0.2, 0) is 28.6 Å². The lowest BCUT2D eigenvalue weighted by Gasteiger charge is -2.18. The van der Waals surface area contributed by atoms with Crippen molar-refractivity contribution in [3.05, 3.63) is 48.6 Å². The molecule has 0 saturated carbocycles. The van der Waals surface area contributed by atoms with E-state index in [0.717, 1.165) is 96.3 Å². The Morgan fingerprint density at radius 2 is 0.565 bits per heavy atom. The molecule has 0 bridgehead atoms. The normalized spacial score (nSPS) is 12.3. The minimum absolute atomic E-state index is 0.0786. The van der Waals surface area contributed by atoms with Gasteiger partial charge in [0.2, 0.25) is 0 Å². The Labute approximate surface area is 428 Å². The molecule has 0 amide bonds. The van der Waals surface area contributed by atoms with Crippen LogP contribution < -0.4 is 0 Å². The van der Waals surface area contributed by atoms with E-state index < -0.39 is 6.10 Å². The van der Waals surface area contributed by atoms with E-state index >= 15 is 0 Å². The third-order valence-electron chi connectivity index (χ3n) is 13.3. The van der Waals surface area contributed by atoms with Gasteiger partial charge < -0.3 is 14.2 Å². The molecule has 0 N–H and O–H groups in total. The largest absolute Gasteiger partial charge is 0.462 e. The predicted molar refractivity (Wildman–Crippen MR) is 298 cm³/mol. The molecule has 0 fully saturated rings. The number of rotatable bonds is 55. The van der Waals surface area contributed by atoms with Gasteiger partial charge in [-0.2, -0.15) is 0 Å². The van der Waals surface area contributed by atoms with Crippen molar-refractivity contribution in [1.82, 2.24) is 0 Å². The Balaban J connectivity index is 4.35. The summed E-state index contributed by atoms with van der Waals surface area (Å²) in [6.45, 7) is 6.56. The average Bonchev–Trinajstić information content (AvgIpc) is 3.35. The van der Waals surface area contributed by atoms with Gasteiger partial charge in [0.05, 0.1) is 0 Å². The van der Waals surface area contributed by atoms with Crippen molar-refractivity contribution >= 4 is 17.9 Å². The summed E-state index contributed by atoms with van der Waals surface area (Å²) in [6.07, 6.45) is 71.1. The lowest BCUT2D eigenvalue weighted by Crippen LogP contribution is -2.30. The van der Waals surface area contributed by atoms with Crippen molar-refractivity contribution < 1.29 is 28.6 Å². The van der Waals surface area contributed by atoms with Gasteiger partial charge in [-0.1, -0.05) is 288 Å². The maximum absolute atomic E-state index is 12.9. The summed E-state index contributed by atoms with van der Waals surface area (Å²) >= 11 is 0. The average molecular weight is 968 g/mol. The van der Waals surface area contributed by atoms with Crippen LogP contribution in [0.15, 0.2) is 48.6 Å². The lowest BCUT2D eigenvalue weighted by molar-refractivity contribution is -0.167.